The van der Waals surface area contributed by atoms with E-state index in [1.165, 1.54) is 19.2 Å². The fraction of sp³-hybridized carbons (Fsp3) is 0.462. The maximum atomic E-state index is 11.9. The second-order valence-corrected chi connectivity index (χ2v) is 5.14. The van der Waals surface area contributed by atoms with Crippen molar-refractivity contribution in [3.05, 3.63) is 33.2 Å². The van der Waals surface area contributed by atoms with E-state index in [0.717, 1.165) is 0 Å². The van der Waals surface area contributed by atoms with E-state index in [0.29, 0.717) is 19.7 Å². The SMILES string of the molecule is CC(=O)N1CCOC(CNC(=O)c2c[nH]c(=O)c(Cl)c2)C1. The molecule has 1 unspecified atom stereocenters. The molecular formula is C13H16ClN3O4. The molecule has 0 bridgehead atoms. The average molecular weight is 314 g/mol. The molecule has 0 radical (unpaired) electrons. The molecule has 114 valence electrons. The van der Waals surface area contributed by atoms with Crippen molar-refractivity contribution in [1.82, 2.24) is 15.2 Å². The number of rotatable bonds is 3. The second kappa shape index (κ2) is 6.73. The van der Waals surface area contributed by atoms with Crippen molar-refractivity contribution in [2.24, 2.45) is 0 Å². The van der Waals surface area contributed by atoms with Crippen molar-refractivity contribution in [3.8, 4) is 0 Å². The van der Waals surface area contributed by atoms with E-state index in [2.05, 4.69) is 10.3 Å². The molecule has 2 rings (SSSR count). The zero-order chi connectivity index (χ0) is 15.4. The number of pyridine rings is 1. The molecule has 0 saturated carbocycles. The highest BCUT2D eigenvalue weighted by Crippen LogP contribution is 2.06. The minimum Gasteiger partial charge on any atom is -0.373 e. The highest BCUT2D eigenvalue weighted by Gasteiger charge is 2.22. The van der Waals surface area contributed by atoms with Crippen molar-refractivity contribution in [3.63, 3.8) is 0 Å². The molecular weight excluding hydrogens is 298 g/mol. The number of amides is 2. The molecule has 0 aromatic carbocycles. The van der Waals surface area contributed by atoms with Gasteiger partial charge in [-0.05, 0) is 6.07 Å². The highest BCUT2D eigenvalue weighted by molar-refractivity contribution is 6.30. The number of hydrogen-bond acceptors (Lipinski definition) is 4. The maximum absolute atomic E-state index is 11.9. The number of carbonyl (C=O) groups is 2. The summed E-state index contributed by atoms with van der Waals surface area (Å²) in [5.74, 6) is -0.376. The Labute approximate surface area is 126 Å². The van der Waals surface area contributed by atoms with E-state index >= 15 is 0 Å². The molecule has 0 aliphatic carbocycles. The van der Waals surface area contributed by atoms with Gasteiger partial charge in [-0.3, -0.25) is 14.4 Å². The zero-order valence-electron chi connectivity index (χ0n) is 11.5. The molecule has 1 atom stereocenters. The van der Waals surface area contributed by atoms with Gasteiger partial charge < -0.3 is 19.9 Å². The zero-order valence-corrected chi connectivity index (χ0v) is 12.3. The number of H-pyrrole nitrogens is 1. The first-order chi connectivity index (χ1) is 9.97. The summed E-state index contributed by atoms with van der Waals surface area (Å²) in [6.07, 6.45) is 1.05. The van der Waals surface area contributed by atoms with Crippen LogP contribution >= 0.6 is 11.6 Å². The van der Waals surface area contributed by atoms with E-state index in [4.69, 9.17) is 16.3 Å². The molecule has 1 aromatic heterocycles. The number of halogens is 1. The van der Waals surface area contributed by atoms with Gasteiger partial charge in [0, 0.05) is 32.8 Å². The molecule has 1 aromatic rings. The number of hydrogen-bond donors (Lipinski definition) is 2. The summed E-state index contributed by atoms with van der Waals surface area (Å²) < 4.78 is 5.49. The third-order valence-electron chi connectivity index (χ3n) is 3.19. The van der Waals surface area contributed by atoms with Gasteiger partial charge in [-0.25, -0.2) is 0 Å². The predicted octanol–water partition coefficient (Wildman–Crippen LogP) is 0.00540. The van der Waals surface area contributed by atoms with E-state index in [9.17, 15) is 14.4 Å². The van der Waals surface area contributed by atoms with Gasteiger partial charge in [0.1, 0.15) is 5.02 Å². The monoisotopic (exact) mass is 313 g/mol. The molecule has 1 aliphatic heterocycles. The van der Waals surface area contributed by atoms with Crippen molar-refractivity contribution < 1.29 is 14.3 Å². The van der Waals surface area contributed by atoms with Gasteiger partial charge in [-0.15, -0.1) is 0 Å². The van der Waals surface area contributed by atoms with Gasteiger partial charge >= 0.3 is 0 Å². The number of ether oxygens (including phenoxy) is 1. The van der Waals surface area contributed by atoms with Crippen molar-refractivity contribution >= 4 is 23.4 Å². The second-order valence-electron chi connectivity index (χ2n) is 4.73. The van der Waals surface area contributed by atoms with Crippen LogP contribution in [0, 0.1) is 0 Å². The lowest BCUT2D eigenvalue weighted by Crippen LogP contribution is -2.49. The lowest BCUT2D eigenvalue weighted by Gasteiger charge is -2.32. The van der Waals surface area contributed by atoms with Gasteiger partial charge in [0.15, 0.2) is 0 Å². The number of aromatic nitrogens is 1. The Kier molecular flexibility index (Phi) is 4.98. The number of morpholine rings is 1. The van der Waals surface area contributed by atoms with Crippen molar-refractivity contribution in [1.29, 1.82) is 0 Å². The molecule has 8 heteroatoms. The Morgan fingerprint density at radius 2 is 2.33 bits per heavy atom. The Morgan fingerprint density at radius 1 is 1.57 bits per heavy atom. The lowest BCUT2D eigenvalue weighted by atomic mass is 10.2. The summed E-state index contributed by atoms with van der Waals surface area (Å²) in [4.78, 5) is 38.4. The van der Waals surface area contributed by atoms with Crippen LogP contribution in [0.25, 0.3) is 0 Å². The van der Waals surface area contributed by atoms with Crippen LogP contribution in [-0.2, 0) is 9.53 Å². The smallest absolute Gasteiger partial charge is 0.266 e. The van der Waals surface area contributed by atoms with Gasteiger partial charge in [-0.2, -0.15) is 0 Å². The Bertz CT molecular complexity index is 601. The molecule has 1 fully saturated rings. The summed E-state index contributed by atoms with van der Waals surface area (Å²) in [6, 6.07) is 1.30. The maximum Gasteiger partial charge on any atom is 0.266 e. The first-order valence-corrected chi connectivity index (χ1v) is 6.88. The normalized spacial score (nSPS) is 18.4. The third kappa shape index (κ3) is 4.05. The summed E-state index contributed by atoms with van der Waals surface area (Å²) in [5, 5.41) is 2.65. The fourth-order valence-electron chi connectivity index (χ4n) is 2.02. The number of nitrogens with zero attached hydrogens (tertiary/aromatic N) is 1. The van der Waals surface area contributed by atoms with Gasteiger partial charge in [0.25, 0.3) is 11.5 Å². The Morgan fingerprint density at radius 3 is 3.00 bits per heavy atom. The van der Waals surface area contributed by atoms with Crippen molar-refractivity contribution in [2.45, 2.75) is 13.0 Å². The van der Waals surface area contributed by atoms with Crippen LogP contribution in [0.4, 0.5) is 0 Å². The summed E-state index contributed by atoms with van der Waals surface area (Å²) >= 11 is 5.67. The molecule has 0 spiro atoms. The molecule has 1 aliphatic rings. The number of nitrogens with one attached hydrogen (secondary N) is 2. The minimum atomic E-state index is -0.444. The quantitative estimate of drug-likeness (QED) is 0.822. The fourth-order valence-corrected chi connectivity index (χ4v) is 2.20. The van der Waals surface area contributed by atoms with Crippen LogP contribution in [0.5, 0.6) is 0 Å². The largest absolute Gasteiger partial charge is 0.373 e. The molecule has 21 heavy (non-hydrogen) atoms. The van der Waals surface area contributed by atoms with E-state index < -0.39 is 5.56 Å². The van der Waals surface area contributed by atoms with E-state index in [-0.39, 0.29) is 35.0 Å². The van der Waals surface area contributed by atoms with Crippen LogP contribution in [0.1, 0.15) is 17.3 Å². The topological polar surface area (TPSA) is 91.5 Å². The standard InChI is InChI=1S/C13H16ClN3O4/c1-8(18)17-2-3-21-10(7-17)6-16-12(19)9-4-11(14)13(20)15-5-9/h4-5,10H,2-3,6-7H2,1H3,(H,15,20)(H,16,19). The third-order valence-corrected chi connectivity index (χ3v) is 3.48. The lowest BCUT2D eigenvalue weighted by molar-refractivity contribution is -0.136. The average Bonchev–Trinajstić information content (AvgIpc) is 2.48. The van der Waals surface area contributed by atoms with Gasteiger partial charge in [0.2, 0.25) is 5.91 Å². The minimum absolute atomic E-state index is 0.0120. The van der Waals surface area contributed by atoms with Crippen LogP contribution < -0.4 is 10.9 Å². The number of aromatic amines is 1. The summed E-state index contributed by atoms with van der Waals surface area (Å²) in [6.45, 7) is 3.24. The first kappa shape index (κ1) is 15.5. The van der Waals surface area contributed by atoms with Gasteiger partial charge in [0.05, 0.1) is 18.3 Å². The van der Waals surface area contributed by atoms with Gasteiger partial charge in [-0.1, -0.05) is 11.6 Å². The van der Waals surface area contributed by atoms with Crippen LogP contribution in [-0.4, -0.2) is 54.0 Å². The summed E-state index contributed by atoms with van der Waals surface area (Å²) in [5.41, 5.74) is -0.181. The van der Waals surface area contributed by atoms with Crippen LogP contribution in [0.2, 0.25) is 5.02 Å². The molecule has 2 N–H and O–H groups in total. The Hall–Kier alpha value is -1.86. The number of carbonyl (C=O) groups excluding carboxylic acids is 2. The first-order valence-electron chi connectivity index (χ1n) is 6.51. The highest BCUT2D eigenvalue weighted by atomic mass is 35.5. The molecule has 2 amide bonds. The van der Waals surface area contributed by atoms with E-state index in [1.807, 2.05) is 0 Å². The predicted molar refractivity (Wildman–Crippen MR) is 76.4 cm³/mol. The molecule has 2 heterocycles. The Balaban J connectivity index is 1.90. The molecule has 1 saturated heterocycles. The van der Waals surface area contributed by atoms with E-state index in [1.54, 1.807) is 4.90 Å². The summed E-state index contributed by atoms with van der Waals surface area (Å²) in [7, 11) is 0. The van der Waals surface area contributed by atoms with Crippen molar-refractivity contribution in [2.75, 3.05) is 26.2 Å². The molecule has 7 nitrogen and oxygen atoms in total. The van der Waals surface area contributed by atoms with Crippen LogP contribution in [0.3, 0.4) is 0 Å². The van der Waals surface area contributed by atoms with Crippen LogP contribution in [0.15, 0.2) is 17.1 Å².